The number of hydroxylamine groups is 1. The molecule has 1 aliphatic rings. The number of hydrogen-bond acceptors (Lipinski definition) is 3. The molecule has 1 aliphatic heterocycles. The van der Waals surface area contributed by atoms with Gasteiger partial charge in [-0.1, -0.05) is 42.0 Å². The van der Waals surface area contributed by atoms with E-state index < -0.39 is 0 Å². The van der Waals surface area contributed by atoms with Gasteiger partial charge >= 0.3 is 0 Å². The number of benzene rings is 2. The second-order valence-corrected chi connectivity index (χ2v) is 4.00. The topological polar surface area (TPSA) is 33.6 Å². The molecular formula is C14H12N2O. The van der Waals surface area contributed by atoms with Gasteiger partial charge < -0.3 is 4.84 Å². The third-order valence-corrected chi connectivity index (χ3v) is 2.68. The smallest absolute Gasteiger partial charge is 0.180 e. The standard InChI is InChI=1S/C14H12N2O/c1-10-6-8-11(9-7-10)14-15-12-4-2-3-5-13(12)17-16-14/h2-9H,1H3,(H,15,16). The SMILES string of the molecule is Cc1ccc(C2=Nc3ccccc3ON2)cc1. The van der Waals surface area contributed by atoms with Crippen LogP contribution >= 0.6 is 0 Å². The molecule has 84 valence electrons. The Bertz CT molecular complexity index is 573. The van der Waals surface area contributed by atoms with E-state index in [4.69, 9.17) is 4.84 Å². The highest BCUT2D eigenvalue weighted by molar-refractivity contribution is 6.00. The molecule has 3 rings (SSSR count). The summed E-state index contributed by atoms with van der Waals surface area (Å²) in [7, 11) is 0. The van der Waals surface area contributed by atoms with E-state index in [1.165, 1.54) is 5.56 Å². The van der Waals surface area contributed by atoms with Crippen molar-refractivity contribution in [1.82, 2.24) is 5.48 Å². The van der Waals surface area contributed by atoms with Crippen molar-refractivity contribution in [1.29, 1.82) is 0 Å². The van der Waals surface area contributed by atoms with Crippen LogP contribution in [-0.2, 0) is 0 Å². The number of nitrogens with zero attached hydrogens (tertiary/aromatic N) is 1. The molecule has 0 atom stereocenters. The van der Waals surface area contributed by atoms with Crippen LogP contribution in [0.3, 0.4) is 0 Å². The average Bonchev–Trinajstić information content (AvgIpc) is 2.39. The summed E-state index contributed by atoms with van der Waals surface area (Å²) in [5.41, 5.74) is 5.96. The van der Waals surface area contributed by atoms with Crippen LogP contribution in [0.1, 0.15) is 11.1 Å². The minimum atomic E-state index is 0.740. The van der Waals surface area contributed by atoms with Crippen molar-refractivity contribution in [3.63, 3.8) is 0 Å². The molecule has 0 fully saturated rings. The molecule has 3 nitrogen and oxygen atoms in total. The van der Waals surface area contributed by atoms with Crippen molar-refractivity contribution in [3.05, 3.63) is 59.7 Å². The van der Waals surface area contributed by atoms with Gasteiger partial charge in [0.2, 0.25) is 0 Å². The van der Waals surface area contributed by atoms with Gasteiger partial charge in [-0.05, 0) is 19.1 Å². The first-order valence-electron chi connectivity index (χ1n) is 5.50. The molecule has 0 saturated heterocycles. The molecule has 17 heavy (non-hydrogen) atoms. The van der Waals surface area contributed by atoms with Gasteiger partial charge in [0.1, 0.15) is 5.69 Å². The van der Waals surface area contributed by atoms with E-state index >= 15 is 0 Å². The Morgan fingerprint density at radius 1 is 1.00 bits per heavy atom. The number of amidine groups is 1. The molecule has 0 spiro atoms. The molecule has 0 bridgehead atoms. The third kappa shape index (κ3) is 1.87. The largest absolute Gasteiger partial charge is 0.378 e. The highest BCUT2D eigenvalue weighted by Crippen LogP contribution is 2.29. The van der Waals surface area contributed by atoms with E-state index in [9.17, 15) is 0 Å². The number of aliphatic imine (C=N–C) groups is 1. The number of nitrogens with one attached hydrogen (secondary N) is 1. The lowest BCUT2D eigenvalue weighted by Crippen LogP contribution is -2.30. The Kier molecular flexibility index (Phi) is 2.29. The van der Waals surface area contributed by atoms with E-state index in [1.807, 2.05) is 36.4 Å². The summed E-state index contributed by atoms with van der Waals surface area (Å²) in [6, 6.07) is 15.9. The van der Waals surface area contributed by atoms with E-state index in [0.717, 1.165) is 22.8 Å². The molecule has 0 saturated carbocycles. The van der Waals surface area contributed by atoms with Crippen molar-refractivity contribution in [3.8, 4) is 5.75 Å². The van der Waals surface area contributed by atoms with Gasteiger partial charge in [-0.3, -0.25) is 0 Å². The maximum Gasteiger partial charge on any atom is 0.180 e. The van der Waals surface area contributed by atoms with Crippen molar-refractivity contribution in [2.24, 2.45) is 4.99 Å². The summed E-state index contributed by atoms with van der Waals surface area (Å²) in [5.74, 6) is 1.49. The van der Waals surface area contributed by atoms with Crippen LogP contribution in [0.4, 0.5) is 5.69 Å². The Morgan fingerprint density at radius 3 is 2.59 bits per heavy atom. The van der Waals surface area contributed by atoms with E-state index in [2.05, 4.69) is 29.5 Å². The number of fused-ring (bicyclic) bond motifs is 1. The summed E-state index contributed by atoms with van der Waals surface area (Å²) in [5, 5.41) is 0. The van der Waals surface area contributed by atoms with Crippen LogP contribution in [0.25, 0.3) is 0 Å². The summed E-state index contributed by atoms with van der Waals surface area (Å²) < 4.78 is 0. The number of rotatable bonds is 1. The van der Waals surface area contributed by atoms with Crippen molar-refractivity contribution in [2.45, 2.75) is 6.92 Å². The molecule has 1 heterocycles. The molecule has 3 heteroatoms. The Balaban J connectivity index is 2.01. The van der Waals surface area contributed by atoms with Gasteiger partial charge in [0.05, 0.1) is 0 Å². The Morgan fingerprint density at radius 2 is 1.76 bits per heavy atom. The molecule has 0 amide bonds. The highest BCUT2D eigenvalue weighted by Gasteiger charge is 2.13. The molecule has 0 unspecified atom stereocenters. The minimum absolute atomic E-state index is 0.740. The summed E-state index contributed by atoms with van der Waals surface area (Å²) in [6.45, 7) is 2.06. The second-order valence-electron chi connectivity index (χ2n) is 4.00. The van der Waals surface area contributed by atoms with E-state index in [1.54, 1.807) is 0 Å². The van der Waals surface area contributed by atoms with Crippen LogP contribution in [-0.4, -0.2) is 5.84 Å². The predicted molar refractivity (Wildman–Crippen MR) is 67.6 cm³/mol. The minimum Gasteiger partial charge on any atom is -0.378 e. The lowest BCUT2D eigenvalue weighted by molar-refractivity contribution is 0.259. The zero-order valence-electron chi connectivity index (χ0n) is 9.47. The fourth-order valence-corrected chi connectivity index (χ4v) is 1.72. The van der Waals surface area contributed by atoms with E-state index in [0.29, 0.717) is 0 Å². The number of aryl methyl sites for hydroxylation is 1. The highest BCUT2D eigenvalue weighted by atomic mass is 16.6. The third-order valence-electron chi connectivity index (χ3n) is 2.68. The fourth-order valence-electron chi connectivity index (χ4n) is 1.72. The Hall–Kier alpha value is -2.29. The van der Waals surface area contributed by atoms with Gasteiger partial charge in [0.15, 0.2) is 11.6 Å². The van der Waals surface area contributed by atoms with Gasteiger partial charge in [-0.2, -0.15) is 0 Å². The normalized spacial score (nSPS) is 13.1. The zero-order valence-corrected chi connectivity index (χ0v) is 9.47. The number of hydrogen-bond donors (Lipinski definition) is 1. The molecule has 0 aliphatic carbocycles. The van der Waals surface area contributed by atoms with E-state index in [-0.39, 0.29) is 0 Å². The van der Waals surface area contributed by atoms with Crippen molar-refractivity contribution >= 4 is 11.5 Å². The van der Waals surface area contributed by atoms with Crippen LogP contribution in [0.15, 0.2) is 53.5 Å². The molecule has 2 aromatic carbocycles. The molecule has 0 aromatic heterocycles. The number of para-hydroxylation sites is 2. The summed E-state index contributed by atoms with van der Waals surface area (Å²) >= 11 is 0. The van der Waals surface area contributed by atoms with Crippen molar-refractivity contribution < 1.29 is 4.84 Å². The summed E-state index contributed by atoms with van der Waals surface area (Å²) in [6.07, 6.45) is 0. The fraction of sp³-hybridized carbons (Fsp3) is 0.0714. The molecule has 1 N–H and O–H groups in total. The maximum absolute atomic E-state index is 5.44. The quantitative estimate of drug-likeness (QED) is 0.808. The Labute approximate surface area is 99.7 Å². The second kappa shape index (κ2) is 3.94. The van der Waals surface area contributed by atoms with Crippen LogP contribution < -0.4 is 10.3 Å². The predicted octanol–water partition coefficient (Wildman–Crippen LogP) is 2.97. The lowest BCUT2D eigenvalue weighted by Gasteiger charge is -2.17. The average molecular weight is 224 g/mol. The molecule has 2 aromatic rings. The van der Waals surface area contributed by atoms with Gasteiger partial charge in [-0.25, -0.2) is 10.5 Å². The molecular weight excluding hydrogens is 212 g/mol. The van der Waals surface area contributed by atoms with Gasteiger partial charge in [-0.15, -0.1) is 0 Å². The maximum atomic E-state index is 5.44. The first-order chi connectivity index (χ1) is 8.33. The summed E-state index contributed by atoms with van der Waals surface area (Å²) in [4.78, 5) is 9.97. The first kappa shape index (κ1) is 9.90. The van der Waals surface area contributed by atoms with Crippen LogP contribution in [0.2, 0.25) is 0 Å². The van der Waals surface area contributed by atoms with Crippen molar-refractivity contribution in [2.75, 3.05) is 0 Å². The van der Waals surface area contributed by atoms with Crippen LogP contribution in [0, 0.1) is 6.92 Å². The lowest BCUT2D eigenvalue weighted by atomic mass is 10.1. The molecule has 0 radical (unpaired) electrons. The first-order valence-corrected chi connectivity index (χ1v) is 5.50. The monoisotopic (exact) mass is 224 g/mol. The van der Waals surface area contributed by atoms with Crippen LogP contribution in [0.5, 0.6) is 5.75 Å². The van der Waals surface area contributed by atoms with Gasteiger partial charge in [0, 0.05) is 5.56 Å². The zero-order chi connectivity index (χ0) is 11.7. The van der Waals surface area contributed by atoms with Gasteiger partial charge in [0.25, 0.3) is 0 Å².